The molecule has 6 heteroatoms. The van der Waals surface area contributed by atoms with Crippen molar-refractivity contribution in [1.29, 1.82) is 0 Å². The molecule has 1 heterocycles. The average Bonchev–Trinajstić information content (AvgIpc) is 2.89. The maximum Gasteiger partial charge on any atom is 0.259 e. The number of ketones is 1. The summed E-state index contributed by atoms with van der Waals surface area (Å²) in [6.45, 7) is 7.79. The van der Waals surface area contributed by atoms with Gasteiger partial charge in [0.15, 0.2) is 5.78 Å². The van der Waals surface area contributed by atoms with Gasteiger partial charge in [0.2, 0.25) is 0 Å². The van der Waals surface area contributed by atoms with Gasteiger partial charge in [-0.15, -0.1) is 0 Å². The summed E-state index contributed by atoms with van der Waals surface area (Å²) < 4.78 is 5.72. The molecule has 28 heavy (non-hydrogen) atoms. The number of rotatable bonds is 4. The van der Waals surface area contributed by atoms with E-state index in [0.29, 0.717) is 0 Å². The van der Waals surface area contributed by atoms with Crippen LogP contribution >= 0.6 is 0 Å². The van der Waals surface area contributed by atoms with Gasteiger partial charge in [0.05, 0.1) is 18.2 Å². The highest BCUT2D eigenvalue weighted by molar-refractivity contribution is 6.26. The molecule has 156 valence electrons. The zero-order chi connectivity index (χ0) is 20.7. The molecule has 0 aromatic heterocycles. The summed E-state index contributed by atoms with van der Waals surface area (Å²) in [5.41, 5.74) is 1.06. The quantitative estimate of drug-likeness (QED) is 0.296. The molecule has 3 N–H and O–H groups in total. The van der Waals surface area contributed by atoms with E-state index >= 15 is 0 Å². The highest BCUT2D eigenvalue weighted by Crippen LogP contribution is 2.51. The second-order valence-electron chi connectivity index (χ2n) is 8.80. The van der Waals surface area contributed by atoms with Crippen LogP contribution in [0.15, 0.2) is 23.0 Å². The number of allylic oxidation sites excluding steroid dienone is 3. The van der Waals surface area contributed by atoms with E-state index in [9.17, 15) is 19.8 Å². The van der Waals surface area contributed by atoms with Crippen molar-refractivity contribution in [2.75, 3.05) is 7.11 Å². The van der Waals surface area contributed by atoms with Crippen LogP contribution < -0.4 is 5.32 Å². The minimum Gasteiger partial charge on any atom is -0.511 e. The number of aliphatic hydroxyl groups is 2. The van der Waals surface area contributed by atoms with Gasteiger partial charge in [0.1, 0.15) is 11.3 Å². The number of hydrogen-bond acceptors (Lipinski definition) is 5. The molecule has 2 aliphatic carbocycles. The zero-order valence-electron chi connectivity index (χ0n) is 17.4. The van der Waals surface area contributed by atoms with Gasteiger partial charge in [-0.1, -0.05) is 31.9 Å². The molecule has 1 saturated carbocycles. The van der Waals surface area contributed by atoms with Gasteiger partial charge in [-0.3, -0.25) is 9.59 Å². The van der Waals surface area contributed by atoms with Crippen LogP contribution in [0.2, 0.25) is 0 Å². The van der Waals surface area contributed by atoms with Crippen molar-refractivity contribution in [3.63, 3.8) is 0 Å². The Hall–Kier alpha value is -1.66. The molecule has 3 aliphatic rings. The lowest BCUT2D eigenvalue weighted by atomic mass is 9.57. The lowest BCUT2D eigenvalue weighted by Gasteiger charge is -2.51. The Bertz CT molecular complexity index is 712. The fourth-order valence-electron chi connectivity index (χ4n) is 5.64. The van der Waals surface area contributed by atoms with Crippen molar-refractivity contribution in [3.8, 4) is 0 Å². The van der Waals surface area contributed by atoms with Crippen LogP contribution in [0, 0.1) is 29.6 Å². The number of aliphatic hydroxyl groups excluding tert-OH is 2. The van der Waals surface area contributed by atoms with Crippen molar-refractivity contribution >= 4 is 11.7 Å². The maximum absolute atomic E-state index is 12.6. The fourth-order valence-corrected chi connectivity index (χ4v) is 5.64. The van der Waals surface area contributed by atoms with E-state index < -0.39 is 30.1 Å². The van der Waals surface area contributed by atoms with Crippen molar-refractivity contribution in [3.05, 3.63) is 23.0 Å². The van der Waals surface area contributed by atoms with Crippen molar-refractivity contribution in [2.45, 2.75) is 65.2 Å². The summed E-state index contributed by atoms with van der Waals surface area (Å²) in [5.74, 6) is -1.39. The van der Waals surface area contributed by atoms with Crippen LogP contribution in [0.1, 0.15) is 47.0 Å². The van der Waals surface area contributed by atoms with Crippen molar-refractivity contribution < 1.29 is 24.5 Å². The van der Waals surface area contributed by atoms with Crippen LogP contribution in [-0.4, -0.2) is 47.3 Å². The molecule has 2 fully saturated rings. The topological polar surface area (TPSA) is 95.9 Å². The minimum atomic E-state index is -0.646. The molecule has 0 radical (unpaired) electrons. The van der Waals surface area contributed by atoms with E-state index in [1.54, 1.807) is 14.0 Å². The summed E-state index contributed by atoms with van der Waals surface area (Å²) in [5, 5.41) is 24.7. The molecule has 1 saturated heterocycles. The van der Waals surface area contributed by atoms with Gasteiger partial charge in [-0.05, 0) is 44.4 Å². The molecular formula is C22H33NO5. The third-order valence-electron chi connectivity index (χ3n) is 7.01. The molecule has 6 nitrogen and oxygen atoms in total. The first kappa shape index (κ1) is 21.1. The second kappa shape index (κ2) is 7.99. The third-order valence-corrected chi connectivity index (χ3v) is 7.01. The van der Waals surface area contributed by atoms with E-state index in [0.717, 1.165) is 19.3 Å². The number of fused-ring (bicyclic) bond motifs is 1. The standard InChI is InChI=1S/C22H33NO5/c1-6-7-14-10(2)8-13-9-11(3)18(24)21(28-5)15(13)16(14)20(26)17-19(25)12(4)23-22(17)27/h8,11-16,18,21,24,26H,6-7,9H2,1-5H3,(H,23,27)/b20-17-. The number of carbonyl (C=O) groups excluding carboxylic acids is 2. The molecule has 0 bridgehead atoms. The van der Waals surface area contributed by atoms with E-state index in [2.05, 4.69) is 25.2 Å². The molecule has 1 amide bonds. The largest absolute Gasteiger partial charge is 0.511 e. The maximum atomic E-state index is 12.6. The van der Waals surface area contributed by atoms with E-state index in [-0.39, 0.29) is 40.8 Å². The van der Waals surface area contributed by atoms with Gasteiger partial charge < -0.3 is 20.3 Å². The van der Waals surface area contributed by atoms with Gasteiger partial charge in [-0.25, -0.2) is 0 Å². The molecule has 0 aromatic rings. The van der Waals surface area contributed by atoms with Crippen LogP contribution in [0.5, 0.6) is 0 Å². The molecule has 0 spiro atoms. The number of ether oxygens (including phenoxy) is 1. The second-order valence-corrected chi connectivity index (χ2v) is 8.80. The number of nitrogens with one attached hydrogen (secondary N) is 1. The number of Topliss-reactive ketones (excluding diaryl/α,β-unsaturated/α-hetero) is 1. The van der Waals surface area contributed by atoms with Gasteiger partial charge in [-0.2, -0.15) is 0 Å². The van der Waals surface area contributed by atoms with Gasteiger partial charge in [0, 0.05) is 18.9 Å². The summed E-state index contributed by atoms with van der Waals surface area (Å²) in [6.07, 6.45) is 3.69. The number of methoxy groups -OCH3 is 1. The summed E-state index contributed by atoms with van der Waals surface area (Å²) >= 11 is 0. The molecule has 3 rings (SSSR count). The Kier molecular flexibility index (Phi) is 6.01. The Labute approximate surface area is 167 Å². The summed E-state index contributed by atoms with van der Waals surface area (Å²) in [7, 11) is 1.58. The zero-order valence-corrected chi connectivity index (χ0v) is 17.4. The first-order valence-electron chi connectivity index (χ1n) is 10.4. The van der Waals surface area contributed by atoms with Gasteiger partial charge in [0.25, 0.3) is 5.91 Å². The Morgan fingerprint density at radius 1 is 1.32 bits per heavy atom. The monoisotopic (exact) mass is 391 g/mol. The molecule has 8 unspecified atom stereocenters. The lowest BCUT2D eigenvalue weighted by molar-refractivity contribution is -0.129. The number of carbonyl (C=O) groups is 2. The fraction of sp³-hybridized carbons (Fsp3) is 0.727. The number of hydrogen-bond donors (Lipinski definition) is 3. The van der Waals surface area contributed by atoms with Crippen molar-refractivity contribution in [1.82, 2.24) is 5.32 Å². The van der Waals surface area contributed by atoms with E-state index in [1.807, 2.05) is 6.92 Å². The summed E-state index contributed by atoms with van der Waals surface area (Å²) in [6, 6.07) is -0.625. The third kappa shape index (κ3) is 3.30. The number of amides is 1. The average molecular weight is 392 g/mol. The Balaban J connectivity index is 2.15. The van der Waals surface area contributed by atoms with Crippen LogP contribution in [-0.2, 0) is 14.3 Å². The minimum absolute atomic E-state index is 0.00788. The smallest absolute Gasteiger partial charge is 0.259 e. The highest BCUT2D eigenvalue weighted by atomic mass is 16.5. The molecule has 0 aromatic carbocycles. The van der Waals surface area contributed by atoms with Crippen LogP contribution in [0.25, 0.3) is 0 Å². The van der Waals surface area contributed by atoms with Crippen LogP contribution in [0.4, 0.5) is 0 Å². The Morgan fingerprint density at radius 2 is 2.00 bits per heavy atom. The first-order valence-corrected chi connectivity index (χ1v) is 10.4. The first-order chi connectivity index (χ1) is 13.2. The summed E-state index contributed by atoms with van der Waals surface area (Å²) in [4.78, 5) is 25.0. The molecular weight excluding hydrogens is 358 g/mol. The lowest BCUT2D eigenvalue weighted by Crippen LogP contribution is -2.53. The van der Waals surface area contributed by atoms with Crippen LogP contribution in [0.3, 0.4) is 0 Å². The predicted molar refractivity (Wildman–Crippen MR) is 105 cm³/mol. The predicted octanol–water partition coefficient (Wildman–Crippen LogP) is 2.53. The highest BCUT2D eigenvalue weighted by Gasteiger charge is 2.52. The molecule has 1 aliphatic heterocycles. The SMILES string of the molecule is CCCC1C(C)=CC2CC(C)C(O)C(OC)C2C1/C(O)=C1/C(=O)NC(C)C1=O. The Morgan fingerprint density at radius 3 is 2.54 bits per heavy atom. The normalized spacial score (nSPS) is 42.7. The van der Waals surface area contributed by atoms with Gasteiger partial charge >= 0.3 is 0 Å². The van der Waals surface area contributed by atoms with E-state index in [1.165, 1.54) is 5.57 Å². The van der Waals surface area contributed by atoms with Crippen molar-refractivity contribution in [2.24, 2.45) is 29.6 Å². The molecule has 8 atom stereocenters. The van der Waals surface area contributed by atoms with E-state index in [4.69, 9.17) is 4.74 Å².